The fourth-order valence-electron chi connectivity index (χ4n) is 1.40. The number of rotatable bonds is 3. The molecule has 1 aromatic rings. The highest BCUT2D eigenvalue weighted by atomic mass is 32.2. The molecule has 0 unspecified atom stereocenters. The normalized spacial score (nSPS) is 17.7. The van der Waals surface area contributed by atoms with Crippen molar-refractivity contribution in [3.8, 4) is 0 Å². The number of carboxylic acid groups (broad SMARTS) is 1. The second-order valence-electron chi connectivity index (χ2n) is 3.67. The molecule has 1 aromatic heterocycles. The Morgan fingerprint density at radius 2 is 2.06 bits per heavy atom. The van der Waals surface area contributed by atoms with E-state index >= 15 is 0 Å². The molecule has 92 valence electrons. The number of carboxylic acids is 1. The zero-order valence-corrected chi connectivity index (χ0v) is 9.46. The lowest BCUT2D eigenvalue weighted by atomic mass is 10.2. The van der Waals surface area contributed by atoms with Gasteiger partial charge in [-0.15, -0.1) is 0 Å². The molecule has 1 fully saturated rings. The van der Waals surface area contributed by atoms with Crippen molar-refractivity contribution in [2.75, 3.05) is 13.1 Å². The number of aliphatic hydroxyl groups is 1. The minimum absolute atomic E-state index is 0.0463. The number of pyridine rings is 1. The Hall–Kier alpha value is -1.51. The van der Waals surface area contributed by atoms with Crippen LogP contribution in [0.2, 0.25) is 0 Å². The molecule has 7 nitrogen and oxygen atoms in total. The smallest absolute Gasteiger partial charge is 0.337 e. The molecular weight excluding hydrogens is 248 g/mol. The number of aromatic nitrogens is 1. The summed E-state index contributed by atoms with van der Waals surface area (Å²) < 4.78 is 24.8. The molecule has 1 aliphatic heterocycles. The second-order valence-corrected chi connectivity index (χ2v) is 5.55. The summed E-state index contributed by atoms with van der Waals surface area (Å²) in [5.74, 6) is -1.17. The summed E-state index contributed by atoms with van der Waals surface area (Å²) in [5.41, 5.74) is -0.0763. The Labute approximate surface area is 97.4 Å². The van der Waals surface area contributed by atoms with E-state index in [4.69, 9.17) is 10.2 Å². The summed E-state index contributed by atoms with van der Waals surface area (Å²) in [4.78, 5) is 14.2. The summed E-state index contributed by atoms with van der Waals surface area (Å²) in [7, 11) is -3.71. The maximum absolute atomic E-state index is 11.8. The van der Waals surface area contributed by atoms with Crippen LogP contribution in [-0.4, -0.2) is 53.1 Å². The molecular formula is C9H10N2O5S. The maximum Gasteiger partial charge on any atom is 0.337 e. The van der Waals surface area contributed by atoms with Gasteiger partial charge in [-0.1, -0.05) is 0 Å². The second kappa shape index (κ2) is 4.06. The van der Waals surface area contributed by atoms with E-state index in [2.05, 4.69) is 4.98 Å². The topological polar surface area (TPSA) is 108 Å². The van der Waals surface area contributed by atoms with Gasteiger partial charge in [-0.2, -0.15) is 4.31 Å². The molecule has 0 radical (unpaired) electrons. The van der Waals surface area contributed by atoms with Crippen LogP contribution in [0.1, 0.15) is 10.4 Å². The SMILES string of the molecule is O=C(O)c1ccc(S(=O)(=O)N2CC(O)C2)nc1. The van der Waals surface area contributed by atoms with E-state index in [1.165, 1.54) is 6.07 Å². The van der Waals surface area contributed by atoms with Crippen LogP contribution in [0.4, 0.5) is 0 Å². The van der Waals surface area contributed by atoms with E-state index < -0.39 is 22.1 Å². The van der Waals surface area contributed by atoms with Gasteiger partial charge in [-0.3, -0.25) is 0 Å². The molecule has 2 rings (SSSR count). The summed E-state index contributed by atoms with van der Waals surface area (Å²) in [6, 6.07) is 2.32. The molecule has 1 saturated heterocycles. The third-order valence-electron chi connectivity index (χ3n) is 2.42. The quantitative estimate of drug-likeness (QED) is 0.730. The van der Waals surface area contributed by atoms with Crippen molar-refractivity contribution in [3.63, 3.8) is 0 Å². The third-order valence-corrected chi connectivity index (χ3v) is 4.16. The van der Waals surface area contributed by atoms with Crippen LogP contribution in [0.3, 0.4) is 0 Å². The van der Waals surface area contributed by atoms with Gasteiger partial charge in [0.25, 0.3) is 10.0 Å². The van der Waals surface area contributed by atoms with E-state index in [9.17, 15) is 13.2 Å². The highest BCUT2D eigenvalue weighted by molar-refractivity contribution is 7.89. The van der Waals surface area contributed by atoms with Gasteiger partial charge in [-0.25, -0.2) is 18.2 Å². The standard InChI is InChI=1S/C9H10N2O5S/c12-7-4-11(5-7)17(15,16)8-2-1-6(3-10-8)9(13)14/h1-3,7,12H,4-5H2,(H,13,14). The fraction of sp³-hybridized carbons (Fsp3) is 0.333. The van der Waals surface area contributed by atoms with Crippen molar-refractivity contribution in [2.24, 2.45) is 0 Å². The van der Waals surface area contributed by atoms with Crippen molar-refractivity contribution in [1.82, 2.24) is 9.29 Å². The third kappa shape index (κ3) is 2.14. The molecule has 2 heterocycles. The van der Waals surface area contributed by atoms with Gasteiger partial charge in [-0.05, 0) is 12.1 Å². The van der Waals surface area contributed by atoms with Crippen LogP contribution in [0.15, 0.2) is 23.4 Å². The Kier molecular flexibility index (Phi) is 2.86. The molecule has 0 amide bonds. The van der Waals surface area contributed by atoms with Crippen molar-refractivity contribution in [2.45, 2.75) is 11.1 Å². The van der Waals surface area contributed by atoms with Gasteiger partial charge in [0.05, 0.1) is 11.7 Å². The Morgan fingerprint density at radius 1 is 1.41 bits per heavy atom. The molecule has 8 heteroatoms. The number of aliphatic hydroxyl groups excluding tert-OH is 1. The van der Waals surface area contributed by atoms with Crippen molar-refractivity contribution >= 4 is 16.0 Å². The molecule has 0 saturated carbocycles. The van der Waals surface area contributed by atoms with E-state index in [0.717, 1.165) is 16.6 Å². The average Bonchev–Trinajstić information content (AvgIpc) is 2.25. The molecule has 0 aliphatic carbocycles. The monoisotopic (exact) mass is 258 g/mol. The molecule has 0 aromatic carbocycles. The number of aromatic carboxylic acids is 1. The van der Waals surface area contributed by atoms with Crippen LogP contribution < -0.4 is 0 Å². The Bertz CT molecular complexity index is 533. The molecule has 0 spiro atoms. The number of hydrogen-bond acceptors (Lipinski definition) is 5. The van der Waals surface area contributed by atoms with E-state index in [-0.39, 0.29) is 23.7 Å². The first-order valence-corrected chi connectivity index (χ1v) is 6.23. The first-order valence-electron chi connectivity index (χ1n) is 4.79. The zero-order chi connectivity index (χ0) is 12.6. The van der Waals surface area contributed by atoms with Gasteiger partial charge in [0, 0.05) is 19.3 Å². The van der Waals surface area contributed by atoms with Crippen molar-refractivity contribution in [1.29, 1.82) is 0 Å². The average molecular weight is 258 g/mol. The first-order chi connectivity index (χ1) is 7.91. The molecule has 17 heavy (non-hydrogen) atoms. The minimum atomic E-state index is -3.71. The molecule has 2 N–H and O–H groups in total. The number of nitrogens with zero attached hydrogens (tertiary/aromatic N) is 2. The lowest BCUT2D eigenvalue weighted by molar-refractivity contribution is 0.0546. The summed E-state index contributed by atoms with van der Waals surface area (Å²) in [5, 5.41) is 17.5. The van der Waals surface area contributed by atoms with Gasteiger partial charge >= 0.3 is 5.97 Å². The summed E-state index contributed by atoms with van der Waals surface area (Å²) >= 11 is 0. The van der Waals surface area contributed by atoms with Crippen molar-refractivity contribution in [3.05, 3.63) is 23.9 Å². The van der Waals surface area contributed by atoms with Crippen molar-refractivity contribution < 1.29 is 23.4 Å². The minimum Gasteiger partial charge on any atom is -0.478 e. The Morgan fingerprint density at radius 3 is 2.47 bits per heavy atom. The highest BCUT2D eigenvalue weighted by Crippen LogP contribution is 2.19. The number of β-amino-alcohol motifs (C(OH)–C–C–N with tert-alkyl or cyclic N) is 1. The molecule has 0 bridgehead atoms. The Balaban J connectivity index is 2.25. The predicted molar refractivity (Wildman–Crippen MR) is 56.0 cm³/mol. The highest BCUT2D eigenvalue weighted by Gasteiger charge is 2.36. The number of sulfonamides is 1. The van der Waals surface area contributed by atoms with Crippen LogP contribution in [0, 0.1) is 0 Å². The largest absolute Gasteiger partial charge is 0.478 e. The van der Waals surface area contributed by atoms with Gasteiger partial charge in [0.2, 0.25) is 0 Å². The summed E-state index contributed by atoms with van der Waals surface area (Å²) in [6.45, 7) is 0.0926. The van der Waals surface area contributed by atoms with Crippen LogP contribution in [0.25, 0.3) is 0 Å². The lowest BCUT2D eigenvalue weighted by Gasteiger charge is -2.34. The molecule has 1 aliphatic rings. The summed E-state index contributed by atoms with van der Waals surface area (Å²) in [6.07, 6.45) is 0.355. The predicted octanol–water partition coefficient (Wildman–Crippen LogP) is -0.855. The number of carbonyl (C=O) groups is 1. The van der Waals surface area contributed by atoms with Gasteiger partial charge in [0.15, 0.2) is 5.03 Å². The maximum atomic E-state index is 11.8. The number of hydrogen-bond donors (Lipinski definition) is 2. The fourth-order valence-corrected chi connectivity index (χ4v) is 2.83. The lowest BCUT2D eigenvalue weighted by Crippen LogP contribution is -2.53. The first kappa shape index (κ1) is 12.0. The van der Waals surface area contributed by atoms with Crippen LogP contribution in [0.5, 0.6) is 0 Å². The van der Waals surface area contributed by atoms with E-state index in [1.54, 1.807) is 0 Å². The van der Waals surface area contributed by atoms with Gasteiger partial charge in [0.1, 0.15) is 0 Å². The van der Waals surface area contributed by atoms with Crippen LogP contribution >= 0.6 is 0 Å². The van der Waals surface area contributed by atoms with Gasteiger partial charge < -0.3 is 10.2 Å². The van der Waals surface area contributed by atoms with E-state index in [0.29, 0.717) is 0 Å². The molecule has 0 atom stereocenters. The van der Waals surface area contributed by atoms with Crippen LogP contribution in [-0.2, 0) is 10.0 Å². The van der Waals surface area contributed by atoms with E-state index in [1.807, 2.05) is 0 Å². The zero-order valence-electron chi connectivity index (χ0n) is 8.65.